The number of fused-ring (bicyclic) bond motifs is 7. The predicted octanol–water partition coefficient (Wildman–Crippen LogP) is 7.35. The molecule has 5 aliphatic carbocycles. The summed E-state index contributed by atoms with van der Waals surface area (Å²) in [6, 6.07) is 0. The number of Topliss-reactive ketones (excluding diaryl/α,β-unsaturated/α-hetero) is 1. The Balaban J connectivity index is 1.62. The molecule has 5 aliphatic rings. The van der Waals surface area contributed by atoms with Gasteiger partial charge in [-0.15, -0.1) is 0 Å². The van der Waals surface area contributed by atoms with E-state index in [0.29, 0.717) is 29.0 Å². The molecule has 32 heavy (non-hydrogen) atoms. The van der Waals surface area contributed by atoms with Crippen molar-refractivity contribution < 1.29 is 9.90 Å². The van der Waals surface area contributed by atoms with Gasteiger partial charge in [0.2, 0.25) is 0 Å². The van der Waals surface area contributed by atoms with Gasteiger partial charge in [0.25, 0.3) is 0 Å². The molecule has 2 heteroatoms. The number of aliphatic hydroxyl groups excluding tert-OH is 1. The molecule has 0 saturated heterocycles. The van der Waals surface area contributed by atoms with E-state index in [1.54, 1.807) is 5.57 Å². The standard InChI is InChI=1S/C30H48O2/c1-25(2)15-16-27(5)18-24(32)30(8)19(20(27)17-25)9-10-22-28(6)13-12-23(31)26(3,4)21(28)11-14-29(22,30)7/h9,20-22,24,32H,10-18H2,1-8H3. The minimum absolute atomic E-state index is 0.0984. The van der Waals surface area contributed by atoms with E-state index in [-0.39, 0.29) is 33.2 Å². The number of allylic oxidation sites excluding steroid dienone is 1. The van der Waals surface area contributed by atoms with E-state index in [1.165, 1.54) is 19.3 Å². The average molecular weight is 441 g/mol. The first-order chi connectivity index (χ1) is 14.6. The normalized spacial score (nSPS) is 53.9. The maximum atomic E-state index is 12.9. The fourth-order valence-electron chi connectivity index (χ4n) is 10.4. The Bertz CT molecular complexity index is 866. The quantitative estimate of drug-likeness (QED) is 0.400. The molecule has 0 aromatic carbocycles. The highest BCUT2D eigenvalue weighted by molar-refractivity contribution is 5.85. The molecule has 0 aromatic heterocycles. The summed E-state index contributed by atoms with van der Waals surface area (Å²) >= 11 is 0. The van der Waals surface area contributed by atoms with Gasteiger partial charge < -0.3 is 5.11 Å². The first-order valence-electron chi connectivity index (χ1n) is 13.5. The highest BCUT2D eigenvalue weighted by Gasteiger charge is 2.70. The summed E-state index contributed by atoms with van der Waals surface area (Å²) in [5.41, 5.74) is 2.16. The van der Waals surface area contributed by atoms with Crippen LogP contribution in [0.4, 0.5) is 0 Å². The molecule has 0 heterocycles. The van der Waals surface area contributed by atoms with Crippen LogP contribution in [-0.4, -0.2) is 17.0 Å². The van der Waals surface area contributed by atoms with Gasteiger partial charge in [-0.2, -0.15) is 0 Å². The SMILES string of the molecule is CC1(C)CCC2(C)CC(O)C3(C)C(=CCC4C5(C)CCC(=O)C(C)(C)C5CCC43C)C2C1. The molecule has 0 aromatic rings. The molecule has 0 spiro atoms. The van der Waals surface area contributed by atoms with Crippen molar-refractivity contribution in [2.24, 2.45) is 50.2 Å². The van der Waals surface area contributed by atoms with Crippen LogP contribution in [-0.2, 0) is 4.79 Å². The molecule has 8 atom stereocenters. The Morgan fingerprint density at radius 3 is 2.25 bits per heavy atom. The minimum Gasteiger partial charge on any atom is -0.392 e. The Morgan fingerprint density at radius 1 is 0.875 bits per heavy atom. The summed E-state index contributed by atoms with van der Waals surface area (Å²) in [5.74, 6) is 2.09. The number of ketones is 1. The topological polar surface area (TPSA) is 37.3 Å². The van der Waals surface area contributed by atoms with E-state index in [0.717, 1.165) is 38.5 Å². The highest BCUT2D eigenvalue weighted by Crippen LogP contribution is 2.75. The molecule has 2 nitrogen and oxygen atoms in total. The van der Waals surface area contributed by atoms with Gasteiger partial charge in [0, 0.05) is 17.3 Å². The number of carbonyl (C=O) groups is 1. The second-order valence-corrected chi connectivity index (χ2v) is 15.1. The lowest BCUT2D eigenvalue weighted by molar-refractivity contribution is -0.207. The fraction of sp³-hybridized carbons (Fsp3) is 0.900. The highest BCUT2D eigenvalue weighted by atomic mass is 16.3. The molecule has 0 aliphatic heterocycles. The average Bonchev–Trinajstić information content (AvgIpc) is 2.68. The van der Waals surface area contributed by atoms with E-state index in [1.807, 2.05) is 0 Å². The van der Waals surface area contributed by atoms with Crippen molar-refractivity contribution in [2.75, 3.05) is 0 Å². The molecule has 1 N–H and O–H groups in total. The Hall–Kier alpha value is -0.630. The number of aliphatic hydroxyl groups is 1. The van der Waals surface area contributed by atoms with E-state index in [2.05, 4.69) is 61.5 Å². The van der Waals surface area contributed by atoms with Crippen LogP contribution in [0.1, 0.15) is 113 Å². The first kappa shape index (κ1) is 23.1. The third-order valence-corrected chi connectivity index (χ3v) is 12.8. The van der Waals surface area contributed by atoms with Crippen LogP contribution in [0.25, 0.3) is 0 Å². The van der Waals surface area contributed by atoms with Gasteiger partial charge in [-0.05, 0) is 90.8 Å². The van der Waals surface area contributed by atoms with Crippen LogP contribution in [0.5, 0.6) is 0 Å². The zero-order valence-electron chi connectivity index (χ0n) is 22.1. The van der Waals surface area contributed by atoms with Crippen LogP contribution in [0.3, 0.4) is 0 Å². The first-order valence-corrected chi connectivity index (χ1v) is 13.5. The maximum absolute atomic E-state index is 12.9. The minimum atomic E-state index is -0.262. The number of rotatable bonds is 0. The molecule has 8 unspecified atom stereocenters. The molecule has 0 radical (unpaired) electrons. The van der Waals surface area contributed by atoms with E-state index in [4.69, 9.17) is 0 Å². The Morgan fingerprint density at radius 2 is 1.56 bits per heavy atom. The number of hydrogen-bond donors (Lipinski definition) is 1. The monoisotopic (exact) mass is 440 g/mol. The molecule has 180 valence electrons. The van der Waals surface area contributed by atoms with Crippen LogP contribution < -0.4 is 0 Å². The molecule has 4 saturated carbocycles. The van der Waals surface area contributed by atoms with Crippen molar-refractivity contribution in [3.05, 3.63) is 11.6 Å². The second-order valence-electron chi connectivity index (χ2n) is 15.1. The van der Waals surface area contributed by atoms with Crippen molar-refractivity contribution in [1.29, 1.82) is 0 Å². The summed E-state index contributed by atoms with van der Waals surface area (Å²) in [5, 5.41) is 11.9. The van der Waals surface area contributed by atoms with Gasteiger partial charge in [0.15, 0.2) is 0 Å². The maximum Gasteiger partial charge on any atom is 0.138 e. The number of hydrogen-bond acceptors (Lipinski definition) is 2. The van der Waals surface area contributed by atoms with Crippen molar-refractivity contribution in [2.45, 2.75) is 119 Å². The van der Waals surface area contributed by atoms with Gasteiger partial charge in [0.05, 0.1) is 6.10 Å². The van der Waals surface area contributed by atoms with Crippen LogP contribution in [0, 0.1) is 50.2 Å². The summed E-state index contributed by atoms with van der Waals surface area (Å²) in [4.78, 5) is 12.9. The fourth-order valence-corrected chi connectivity index (χ4v) is 10.4. The van der Waals surface area contributed by atoms with E-state index >= 15 is 0 Å². The Labute approximate surface area is 197 Å². The van der Waals surface area contributed by atoms with Gasteiger partial charge in [0.1, 0.15) is 5.78 Å². The summed E-state index contributed by atoms with van der Waals surface area (Å²) in [6.07, 6.45) is 12.3. The zero-order valence-corrected chi connectivity index (χ0v) is 22.1. The molecule has 0 bridgehead atoms. The lowest BCUT2D eigenvalue weighted by atomic mass is 9.33. The zero-order chi connectivity index (χ0) is 23.5. The third kappa shape index (κ3) is 2.65. The van der Waals surface area contributed by atoms with Gasteiger partial charge in [-0.25, -0.2) is 0 Å². The molecule has 5 rings (SSSR count). The predicted molar refractivity (Wildman–Crippen MR) is 131 cm³/mol. The molecular formula is C30H48O2. The summed E-state index contributed by atoms with van der Waals surface area (Å²) in [7, 11) is 0. The van der Waals surface area contributed by atoms with Crippen LogP contribution >= 0.6 is 0 Å². The van der Waals surface area contributed by atoms with E-state index < -0.39 is 0 Å². The van der Waals surface area contributed by atoms with Gasteiger partial charge in [-0.3, -0.25) is 4.79 Å². The molecule has 4 fully saturated rings. The van der Waals surface area contributed by atoms with Crippen molar-refractivity contribution >= 4 is 5.78 Å². The molecule has 0 amide bonds. The van der Waals surface area contributed by atoms with Gasteiger partial charge >= 0.3 is 0 Å². The van der Waals surface area contributed by atoms with Gasteiger partial charge in [-0.1, -0.05) is 67.0 Å². The molecular weight excluding hydrogens is 392 g/mol. The second kappa shape index (κ2) is 6.52. The van der Waals surface area contributed by atoms with Crippen LogP contribution in [0.15, 0.2) is 11.6 Å². The lowest BCUT2D eigenvalue weighted by Crippen LogP contribution is -2.67. The van der Waals surface area contributed by atoms with Crippen molar-refractivity contribution in [1.82, 2.24) is 0 Å². The number of carbonyl (C=O) groups excluding carboxylic acids is 1. The van der Waals surface area contributed by atoms with Crippen molar-refractivity contribution in [3.8, 4) is 0 Å². The van der Waals surface area contributed by atoms with Crippen LogP contribution in [0.2, 0.25) is 0 Å². The Kier molecular flexibility index (Phi) is 4.71. The van der Waals surface area contributed by atoms with E-state index in [9.17, 15) is 9.90 Å². The lowest BCUT2D eigenvalue weighted by Gasteiger charge is -2.71. The summed E-state index contributed by atoms with van der Waals surface area (Å²) in [6.45, 7) is 19.3. The summed E-state index contributed by atoms with van der Waals surface area (Å²) < 4.78 is 0. The largest absolute Gasteiger partial charge is 0.392 e. The van der Waals surface area contributed by atoms with Crippen molar-refractivity contribution in [3.63, 3.8) is 0 Å². The smallest absolute Gasteiger partial charge is 0.138 e. The third-order valence-electron chi connectivity index (χ3n) is 12.8.